The molecular formula is C21H20ClN3O3. The van der Waals surface area contributed by atoms with Gasteiger partial charge in [0.2, 0.25) is 0 Å². The quantitative estimate of drug-likeness (QED) is 0.598. The van der Waals surface area contributed by atoms with Crippen molar-refractivity contribution in [3.8, 4) is 11.5 Å². The van der Waals surface area contributed by atoms with Gasteiger partial charge in [-0.2, -0.15) is 0 Å². The lowest BCUT2D eigenvalue weighted by Crippen LogP contribution is -2.20. The summed E-state index contributed by atoms with van der Waals surface area (Å²) in [7, 11) is 1.59. The third-order valence-corrected chi connectivity index (χ3v) is 4.10. The summed E-state index contributed by atoms with van der Waals surface area (Å²) in [6, 6.07) is 16.3. The molecule has 0 saturated heterocycles. The Balaban J connectivity index is 1.56. The van der Waals surface area contributed by atoms with E-state index in [9.17, 15) is 4.79 Å². The van der Waals surface area contributed by atoms with Crippen molar-refractivity contribution in [2.45, 2.75) is 6.92 Å². The second-order valence-electron chi connectivity index (χ2n) is 6.05. The maximum Gasteiger partial charge on any atom is 0.263 e. The smallest absolute Gasteiger partial charge is 0.263 e. The Morgan fingerprint density at radius 3 is 2.57 bits per heavy atom. The van der Waals surface area contributed by atoms with E-state index in [-0.39, 0.29) is 12.5 Å². The van der Waals surface area contributed by atoms with E-state index in [0.717, 1.165) is 16.9 Å². The van der Waals surface area contributed by atoms with Crippen molar-refractivity contribution in [1.82, 2.24) is 4.98 Å². The third kappa shape index (κ3) is 5.37. The molecule has 1 amide bonds. The summed E-state index contributed by atoms with van der Waals surface area (Å²) >= 11 is 6.03. The van der Waals surface area contributed by atoms with Gasteiger partial charge in [0.05, 0.1) is 24.7 Å². The Kier molecular flexibility index (Phi) is 6.34. The zero-order valence-corrected chi connectivity index (χ0v) is 16.3. The third-order valence-electron chi connectivity index (χ3n) is 3.86. The second-order valence-corrected chi connectivity index (χ2v) is 6.49. The van der Waals surface area contributed by atoms with Crippen molar-refractivity contribution < 1.29 is 14.3 Å². The number of nitrogens with zero attached hydrogens (tertiary/aromatic N) is 1. The Hall–Kier alpha value is -3.25. The molecule has 0 unspecified atom stereocenters. The molecular weight excluding hydrogens is 378 g/mol. The average molecular weight is 398 g/mol. The summed E-state index contributed by atoms with van der Waals surface area (Å²) in [4.78, 5) is 16.3. The average Bonchev–Trinajstić information content (AvgIpc) is 2.69. The number of ether oxygens (including phenoxy) is 2. The first-order valence-corrected chi connectivity index (χ1v) is 8.97. The topological polar surface area (TPSA) is 72.5 Å². The molecule has 0 atom stereocenters. The van der Waals surface area contributed by atoms with Gasteiger partial charge in [-0.3, -0.25) is 4.79 Å². The first-order chi connectivity index (χ1) is 13.5. The number of carbonyl (C=O) groups excluding carboxylic acids is 1. The molecule has 3 aromatic rings. The number of methoxy groups -OCH3 is 1. The van der Waals surface area contributed by atoms with Crippen LogP contribution in [-0.4, -0.2) is 24.6 Å². The fourth-order valence-corrected chi connectivity index (χ4v) is 2.61. The number of halogens is 1. The molecule has 2 aromatic carbocycles. The van der Waals surface area contributed by atoms with Crippen LogP contribution in [0.1, 0.15) is 5.56 Å². The van der Waals surface area contributed by atoms with E-state index in [1.165, 1.54) is 0 Å². The van der Waals surface area contributed by atoms with Gasteiger partial charge >= 0.3 is 0 Å². The van der Waals surface area contributed by atoms with E-state index in [4.69, 9.17) is 21.1 Å². The Bertz CT molecular complexity index is 944. The van der Waals surface area contributed by atoms with Crippen LogP contribution < -0.4 is 20.1 Å². The molecule has 0 aliphatic rings. The van der Waals surface area contributed by atoms with Crippen LogP contribution in [0, 0.1) is 6.92 Å². The van der Waals surface area contributed by atoms with Gasteiger partial charge in [-0.15, -0.1) is 0 Å². The molecule has 1 heterocycles. The maximum atomic E-state index is 12.0. The van der Waals surface area contributed by atoms with Gasteiger partial charge < -0.3 is 20.1 Å². The van der Waals surface area contributed by atoms with Crippen LogP contribution in [0.3, 0.4) is 0 Å². The van der Waals surface area contributed by atoms with E-state index < -0.39 is 0 Å². The van der Waals surface area contributed by atoms with Crippen LogP contribution in [-0.2, 0) is 4.79 Å². The molecule has 7 heteroatoms. The highest BCUT2D eigenvalue weighted by Crippen LogP contribution is 2.30. The summed E-state index contributed by atoms with van der Waals surface area (Å²) in [6.07, 6.45) is 1.61. The van der Waals surface area contributed by atoms with Crippen LogP contribution in [0.15, 0.2) is 60.8 Å². The number of hydrogen-bond acceptors (Lipinski definition) is 5. The Labute approximate surface area is 168 Å². The van der Waals surface area contributed by atoms with Gasteiger partial charge in [0.1, 0.15) is 17.3 Å². The number of anilines is 3. The molecule has 0 bridgehead atoms. The van der Waals surface area contributed by atoms with Gasteiger partial charge in [-0.25, -0.2) is 4.98 Å². The molecule has 144 valence electrons. The van der Waals surface area contributed by atoms with Crippen molar-refractivity contribution in [1.29, 1.82) is 0 Å². The summed E-state index contributed by atoms with van der Waals surface area (Å²) in [5.74, 6) is 1.45. The van der Waals surface area contributed by atoms with E-state index in [1.807, 2.05) is 31.2 Å². The van der Waals surface area contributed by atoms with E-state index >= 15 is 0 Å². The van der Waals surface area contributed by atoms with Gasteiger partial charge in [-0.1, -0.05) is 29.3 Å². The van der Waals surface area contributed by atoms with Gasteiger partial charge in [0, 0.05) is 5.02 Å². The SMILES string of the molecule is COc1ccc(Cl)cc1Nc1ccc(NC(=O)COc2ccc(C)cc2)nc1. The minimum absolute atomic E-state index is 0.0928. The number of carbonyl (C=O) groups is 1. The molecule has 0 fully saturated rings. The van der Waals surface area contributed by atoms with Crippen molar-refractivity contribution in [3.05, 3.63) is 71.4 Å². The molecule has 0 aliphatic carbocycles. The first kappa shape index (κ1) is 19.5. The number of rotatable bonds is 7. The normalized spacial score (nSPS) is 10.2. The zero-order chi connectivity index (χ0) is 19.9. The largest absolute Gasteiger partial charge is 0.495 e. The molecule has 0 radical (unpaired) electrons. The zero-order valence-electron chi connectivity index (χ0n) is 15.5. The Morgan fingerprint density at radius 1 is 1.11 bits per heavy atom. The van der Waals surface area contributed by atoms with Gasteiger partial charge in [-0.05, 0) is 49.4 Å². The van der Waals surface area contributed by atoms with Crippen LogP contribution >= 0.6 is 11.6 Å². The van der Waals surface area contributed by atoms with Crippen molar-refractivity contribution >= 4 is 34.7 Å². The first-order valence-electron chi connectivity index (χ1n) is 8.59. The molecule has 6 nitrogen and oxygen atoms in total. The highest BCUT2D eigenvalue weighted by Gasteiger charge is 2.07. The number of amides is 1. The number of pyridine rings is 1. The van der Waals surface area contributed by atoms with Crippen LogP contribution in [0.2, 0.25) is 5.02 Å². The van der Waals surface area contributed by atoms with E-state index in [1.54, 1.807) is 43.6 Å². The molecule has 3 rings (SSSR count). The molecule has 0 aliphatic heterocycles. The number of aryl methyl sites for hydroxylation is 1. The predicted octanol–water partition coefficient (Wildman–Crippen LogP) is 4.81. The molecule has 0 saturated carbocycles. The predicted molar refractivity (Wildman–Crippen MR) is 111 cm³/mol. The molecule has 2 N–H and O–H groups in total. The van der Waals surface area contributed by atoms with Gasteiger partial charge in [0.25, 0.3) is 5.91 Å². The summed E-state index contributed by atoms with van der Waals surface area (Å²) in [5.41, 5.74) is 2.58. The number of hydrogen-bond donors (Lipinski definition) is 2. The number of aromatic nitrogens is 1. The lowest BCUT2D eigenvalue weighted by molar-refractivity contribution is -0.118. The minimum Gasteiger partial charge on any atom is -0.495 e. The standard InChI is InChI=1S/C21H20ClN3O3/c1-14-3-7-17(8-4-14)28-13-21(26)25-20-10-6-16(12-23-20)24-18-11-15(22)5-9-19(18)27-2/h3-12,24H,13H2,1-2H3,(H,23,25,26). The fourth-order valence-electron chi connectivity index (χ4n) is 2.44. The van der Waals surface area contributed by atoms with Crippen molar-refractivity contribution in [2.24, 2.45) is 0 Å². The van der Waals surface area contributed by atoms with Crippen molar-refractivity contribution in [2.75, 3.05) is 24.4 Å². The summed E-state index contributed by atoms with van der Waals surface area (Å²) < 4.78 is 10.8. The van der Waals surface area contributed by atoms with Crippen LogP contribution in [0.5, 0.6) is 11.5 Å². The lowest BCUT2D eigenvalue weighted by atomic mass is 10.2. The van der Waals surface area contributed by atoms with Crippen LogP contribution in [0.25, 0.3) is 0 Å². The summed E-state index contributed by atoms with van der Waals surface area (Å²) in [5, 5.41) is 6.48. The minimum atomic E-state index is -0.287. The molecule has 0 spiro atoms. The fraction of sp³-hybridized carbons (Fsp3) is 0.143. The van der Waals surface area contributed by atoms with E-state index in [2.05, 4.69) is 15.6 Å². The Morgan fingerprint density at radius 2 is 1.89 bits per heavy atom. The number of benzene rings is 2. The lowest BCUT2D eigenvalue weighted by Gasteiger charge is -2.12. The molecule has 28 heavy (non-hydrogen) atoms. The molecule has 1 aromatic heterocycles. The highest BCUT2D eigenvalue weighted by atomic mass is 35.5. The van der Waals surface area contributed by atoms with E-state index in [0.29, 0.717) is 22.3 Å². The number of nitrogens with one attached hydrogen (secondary N) is 2. The summed E-state index contributed by atoms with van der Waals surface area (Å²) in [6.45, 7) is 1.90. The van der Waals surface area contributed by atoms with Crippen molar-refractivity contribution in [3.63, 3.8) is 0 Å². The van der Waals surface area contributed by atoms with Crippen LogP contribution in [0.4, 0.5) is 17.2 Å². The highest BCUT2D eigenvalue weighted by molar-refractivity contribution is 6.31. The monoisotopic (exact) mass is 397 g/mol. The maximum absolute atomic E-state index is 12.0. The van der Waals surface area contributed by atoms with Gasteiger partial charge in [0.15, 0.2) is 6.61 Å². The second kappa shape index (κ2) is 9.10.